The molecule has 15 heavy (non-hydrogen) atoms. The fraction of sp³-hybridized carbons (Fsp3) is 0.0833. The molecule has 3 nitrogen and oxygen atoms in total. The van der Waals surface area contributed by atoms with Crippen LogP contribution in [0.1, 0.15) is 11.1 Å². The Balaban J connectivity index is 2.54. The topological polar surface area (TPSA) is 54.7 Å². The molecule has 0 spiro atoms. The van der Waals surface area contributed by atoms with E-state index >= 15 is 0 Å². The number of nitrogens with zero attached hydrogens (tertiary/aromatic N) is 2. The summed E-state index contributed by atoms with van der Waals surface area (Å²) in [6.07, 6.45) is 1.74. The number of hydrogen-bond acceptors (Lipinski definition) is 2. The van der Waals surface area contributed by atoms with Gasteiger partial charge in [-0.05, 0) is 30.7 Å². The molecular formula is C12H11N3. The van der Waals surface area contributed by atoms with E-state index in [1.165, 1.54) is 5.56 Å². The molecule has 0 aliphatic heterocycles. The average molecular weight is 197 g/mol. The lowest BCUT2D eigenvalue weighted by Gasteiger charge is -2.05. The van der Waals surface area contributed by atoms with Crippen LogP contribution in [-0.2, 0) is 0 Å². The summed E-state index contributed by atoms with van der Waals surface area (Å²) in [6.45, 7) is 2.02. The molecule has 3 heteroatoms. The van der Waals surface area contributed by atoms with Crippen LogP contribution in [0.5, 0.6) is 0 Å². The fourth-order valence-electron chi connectivity index (χ4n) is 1.54. The van der Waals surface area contributed by atoms with Gasteiger partial charge in [-0.15, -0.1) is 0 Å². The van der Waals surface area contributed by atoms with E-state index < -0.39 is 0 Å². The highest BCUT2D eigenvalue weighted by Crippen LogP contribution is 2.17. The predicted molar refractivity (Wildman–Crippen MR) is 59.6 cm³/mol. The fourth-order valence-corrected chi connectivity index (χ4v) is 1.54. The van der Waals surface area contributed by atoms with Gasteiger partial charge < -0.3 is 10.3 Å². The van der Waals surface area contributed by atoms with Crippen molar-refractivity contribution in [2.45, 2.75) is 6.92 Å². The lowest BCUT2D eigenvalue weighted by molar-refractivity contribution is 1.09. The van der Waals surface area contributed by atoms with Crippen molar-refractivity contribution in [1.82, 2.24) is 4.57 Å². The molecule has 0 aliphatic rings. The molecule has 0 saturated carbocycles. The van der Waals surface area contributed by atoms with Crippen LogP contribution in [0.15, 0.2) is 36.5 Å². The summed E-state index contributed by atoms with van der Waals surface area (Å²) < 4.78 is 1.81. The minimum Gasteiger partial charge on any atom is -0.385 e. The third kappa shape index (κ3) is 1.70. The second-order valence-corrected chi connectivity index (χ2v) is 3.47. The quantitative estimate of drug-likeness (QED) is 0.762. The normalized spacial score (nSPS) is 9.87. The molecule has 0 amide bonds. The zero-order valence-corrected chi connectivity index (χ0v) is 8.44. The zero-order chi connectivity index (χ0) is 10.8. The number of hydrogen-bond donors (Lipinski definition) is 1. The SMILES string of the molecule is Cc1cccc(-n2cc(C#N)cc2N)c1. The van der Waals surface area contributed by atoms with Gasteiger partial charge in [0, 0.05) is 11.9 Å². The average Bonchev–Trinajstić information content (AvgIpc) is 2.60. The summed E-state index contributed by atoms with van der Waals surface area (Å²) in [5.74, 6) is 0.581. The Morgan fingerprint density at radius 2 is 2.13 bits per heavy atom. The molecule has 0 fully saturated rings. The Bertz CT molecular complexity index is 532. The van der Waals surface area contributed by atoms with Crippen LogP contribution in [0, 0.1) is 18.3 Å². The first-order valence-electron chi connectivity index (χ1n) is 4.66. The van der Waals surface area contributed by atoms with Gasteiger partial charge in [0.2, 0.25) is 0 Å². The molecule has 0 saturated heterocycles. The highest BCUT2D eigenvalue weighted by atomic mass is 15.0. The van der Waals surface area contributed by atoms with E-state index in [-0.39, 0.29) is 0 Å². The summed E-state index contributed by atoms with van der Waals surface area (Å²) in [5, 5.41) is 8.76. The van der Waals surface area contributed by atoms with Crippen LogP contribution in [0.4, 0.5) is 5.82 Å². The standard InChI is InChI=1S/C12H11N3/c1-9-3-2-4-11(5-9)15-8-10(7-13)6-12(15)14/h2-6,8H,14H2,1H3. The monoisotopic (exact) mass is 197 g/mol. The van der Waals surface area contributed by atoms with Gasteiger partial charge in [0.1, 0.15) is 11.9 Å². The first-order chi connectivity index (χ1) is 7.20. The van der Waals surface area contributed by atoms with Crippen molar-refractivity contribution in [3.8, 4) is 11.8 Å². The van der Waals surface area contributed by atoms with Crippen LogP contribution in [0.2, 0.25) is 0 Å². The second kappa shape index (κ2) is 3.50. The molecule has 74 valence electrons. The van der Waals surface area contributed by atoms with E-state index in [0.29, 0.717) is 11.4 Å². The summed E-state index contributed by atoms with van der Waals surface area (Å²) in [4.78, 5) is 0. The largest absolute Gasteiger partial charge is 0.385 e. The molecule has 2 aromatic rings. The van der Waals surface area contributed by atoms with Crippen molar-refractivity contribution in [3.63, 3.8) is 0 Å². The predicted octanol–water partition coefficient (Wildman–Crippen LogP) is 2.24. The van der Waals surface area contributed by atoms with E-state index in [9.17, 15) is 0 Å². The molecule has 1 heterocycles. The minimum absolute atomic E-state index is 0.578. The van der Waals surface area contributed by atoms with E-state index in [2.05, 4.69) is 6.07 Å². The van der Waals surface area contributed by atoms with Gasteiger partial charge >= 0.3 is 0 Å². The summed E-state index contributed by atoms with van der Waals surface area (Å²) in [6, 6.07) is 11.7. The van der Waals surface area contributed by atoms with Gasteiger partial charge in [0.25, 0.3) is 0 Å². The van der Waals surface area contributed by atoms with Crippen molar-refractivity contribution in [2.24, 2.45) is 0 Å². The molecule has 2 rings (SSSR count). The molecule has 0 aliphatic carbocycles. The number of benzene rings is 1. The maximum absolute atomic E-state index is 8.76. The van der Waals surface area contributed by atoms with Crippen LogP contribution in [-0.4, -0.2) is 4.57 Å². The van der Waals surface area contributed by atoms with E-state index in [1.54, 1.807) is 12.3 Å². The Labute approximate surface area is 88.4 Å². The summed E-state index contributed by atoms with van der Waals surface area (Å²) in [7, 11) is 0. The number of nitriles is 1. The minimum atomic E-state index is 0.578. The molecule has 1 aromatic heterocycles. The van der Waals surface area contributed by atoms with Crippen molar-refractivity contribution in [2.75, 3.05) is 5.73 Å². The van der Waals surface area contributed by atoms with Crippen LogP contribution in [0.25, 0.3) is 5.69 Å². The zero-order valence-electron chi connectivity index (χ0n) is 8.44. The lowest BCUT2D eigenvalue weighted by atomic mass is 10.2. The van der Waals surface area contributed by atoms with Gasteiger partial charge in [-0.25, -0.2) is 0 Å². The Morgan fingerprint density at radius 3 is 2.73 bits per heavy atom. The highest BCUT2D eigenvalue weighted by molar-refractivity contribution is 5.50. The molecule has 0 unspecified atom stereocenters. The lowest BCUT2D eigenvalue weighted by Crippen LogP contribution is -1.97. The maximum atomic E-state index is 8.76. The van der Waals surface area contributed by atoms with Gasteiger partial charge in [0.15, 0.2) is 0 Å². The van der Waals surface area contributed by atoms with E-state index in [0.717, 1.165) is 5.69 Å². The number of anilines is 1. The molecule has 0 bridgehead atoms. The second-order valence-electron chi connectivity index (χ2n) is 3.47. The van der Waals surface area contributed by atoms with Gasteiger partial charge in [-0.2, -0.15) is 5.26 Å². The smallest absolute Gasteiger partial charge is 0.109 e. The Hall–Kier alpha value is -2.21. The number of aromatic nitrogens is 1. The third-order valence-corrected chi connectivity index (χ3v) is 2.26. The van der Waals surface area contributed by atoms with Crippen LogP contribution < -0.4 is 5.73 Å². The van der Waals surface area contributed by atoms with Crippen LogP contribution >= 0.6 is 0 Å². The number of rotatable bonds is 1. The molecule has 2 N–H and O–H groups in total. The van der Waals surface area contributed by atoms with Crippen molar-refractivity contribution >= 4 is 5.82 Å². The number of nitrogen functional groups attached to an aromatic ring is 1. The van der Waals surface area contributed by atoms with Crippen molar-refractivity contribution < 1.29 is 0 Å². The van der Waals surface area contributed by atoms with Gasteiger partial charge in [-0.3, -0.25) is 0 Å². The number of nitrogens with two attached hydrogens (primary N) is 1. The molecular weight excluding hydrogens is 186 g/mol. The molecule has 1 aromatic carbocycles. The Morgan fingerprint density at radius 1 is 1.33 bits per heavy atom. The van der Waals surface area contributed by atoms with E-state index in [1.807, 2.05) is 35.8 Å². The summed E-state index contributed by atoms with van der Waals surface area (Å²) in [5.41, 5.74) is 8.54. The third-order valence-electron chi connectivity index (χ3n) is 2.26. The first kappa shape index (κ1) is 9.35. The highest BCUT2D eigenvalue weighted by Gasteiger charge is 2.03. The number of aryl methyl sites for hydroxylation is 1. The van der Waals surface area contributed by atoms with E-state index in [4.69, 9.17) is 11.0 Å². The van der Waals surface area contributed by atoms with Crippen molar-refractivity contribution in [3.05, 3.63) is 47.7 Å². The molecule has 0 radical (unpaired) electrons. The van der Waals surface area contributed by atoms with Crippen LogP contribution in [0.3, 0.4) is 0 Å². The maximum Gasteiger partial charge on any atom is 0.109 e. The molecule has 0 atom stereocenters. The van der Waals surface area contributed by atoms with Gasteiger partial charge in [-0.1, -0.05) is 12.1 Å². The van der Waals surface area contributed by atoms with Crippen molar-refractivity contribution in [1.29, 1.82) is 5.26 Å². The van der Waals surface area contributed by atoms with Gasteiger partial charge in [0.05, 0.1) is 5.56 Å². The first-order valence-corrected chi connectivity index (χ1v) is 4.66. The summed E-state index contributed by atoms with van der Waals surface area (Å²) >= 11 is 0. The Kier molecular flexibility index (Phi) is 2.18.